The summed E-state index contributed by atoms with van der Waals surface area (Å²) in [7, 11) is 0. The van der Waals surface area contributed by atoms with E-state index in [2.05, 4.69) is 5.32 Å². The van der Waals surface area contributed by atoms with Gasteiger partial charge in [-0.25, -0.2) is 4.39 Å². The number of imide groups is 1. The van der Waals surface area contributed by atoms with Crippen LogP contribution >= 0.6 is 0 Å². The van der Waals surface area contributed by atoms with Crippen LogP contribution in [0.5, 0.6) is 0 Å². The number of rotatable bonds is 9. The lowest BCUT2D eigenvalue weighted by Gasteiger charge is -2.30. The van der Waals surface area contributed by atoms with Crippen LogP contribution in [-0.2, 0) is 25.7 Å². The Balaban J connectivity index is 1.71. The first kappa shape index (κ1) is 24.6. The number of carbonyl (C=O) groups excluding carboxylic acids is 4. The number of hydrogen-bond acceptors (Lipinski definition) is 4. The van der Waals surface area contributed by atoms with Gasteiger partial charge in [0, 0.05) is 25.6 Å². The van der Waals surface area contributed by atoms with Crippen molar-refractivity contribution in [2.75, 3.05) is 6.54 Å². The second kappa shape index (κ2) is 10.7. The topological polar surface area (TPSA) is 86.8 Å². The highest BCUT2D eigenvalue weighted by molar-refractivity contribution is 6.05. The summed E-state index contributed by atoms with van der Waals surface area (Å²) in [5.74, 6) is -2.16. The van der Waals surface area contributed by atoms with Gasteiger partial charge in [0.1, 0.15) is 11.9 Å². The highest BCUT2D eigenvalue weighted by Gasteiger charge is 2.47. The number of allylic oxidation sites excluding steroid dienone is 2. The van der Waals surface area contributed by atoms with Gasteiger partial charge in [-0.05, 0) is 50.8 Å². The van der Waals surface area contributed by atoms with E-state index in [0.717, 1.165) is 6.42 Å². The fourth-order valence-corrected chi connectivity index (χ4v) is 4.28. The summed E-state index contributed by atoms with van der Waals surface area (Å²) in [5.41, 5.74) is 0.679. The molecular formula is C25H32FN3O4. The predicted molar refractivity (Wildman–Crippen MR) is 121 cm³/mol. The van der Waals surface area contributed by atoms with Gasteiger partial charge in [0.15, 0.2) is 0 Å². The summed E-state index contributed by atoms with van der Waals surface area (Å²) in [6.45, 7) is 5.59. The molecule has 0 unspecified atom stereocenters. The van der Waals surface area contributed by atoms with Crippen LogP contribution in [-0.4, -0.2) is 52.1 Å². The largest absolute Gasteiger partial charge is 0.352 e. The van der Waals surface area contributed by atoms with E-state index in [0.29, 0.717) is 18.4 Å². The van der Waals surface area contributed by atoms with Crippen LogP contribution in [0.25, 0.3) is 0 Å². The molecule has 0 saturated carbocycles. The predicted octanol–water partition coefficient (Wildman–Crippen LogP) is 2.80. The number of hydrogen-bond donors (Lipinski definition) is 1. The minimum atomic E-state index is -0.770. The van der Waals surface area contributed by atoms with Crippen molar-refractivity contribution in [2.24, 2.45) is 11.8 Å². The van der Waals surface area contributed by atoms with Crippen LogP contribution in [0.15, 0.2) is 36.4 Å². The van der Waals surface area contributed by atoms with Crippen molar-refractivity contribution in [3.8, 4) is 0 Å². The highest BCUT2D eigenvalue weighted by atomic mass is 19.1. The van der Waals surface area contributed by atoms with Crippen molar-refractivity contribution in [3.63, 3.8) is 0 Å². The van der Waals surface area contributed by atoms with Crippen LogP contribution in [0.3, 0.4) is 0 Å². The van der Waals surface area contributed by atoms with Crippen LogP contribution in [0.2, 0.25) is 0 Å². The molecule has 1 aromatic carbocycles. The molecule has 2 aliphatic rings. The van der Waals surface area contributed by atoms with E-state index < -0.39 is 6.04 Å². The maximum atomic E-state index is 13.3. The zero-order valence-corrected chi connectivity index (χ0v) is 19.4. The minimum absolute atomic E-state index is 0.0108. The van der Waals surface area contributed by atoms with Crippen molar-refractivity contribution < 1.29 is 23.6 Å². The molecule has 1 fully saturated rings. The standard InChI is InChI=1S/C25H32FN3O4/c1-4-16(2)27-23(31)17(3)29(15-18-9-11-19(26)12-10-18)22(30)13-14-28-24(32)20-7-5-6-8-21(20)25(28)33/h5-6,9-12,16-17,20-21H,4,7-8,13-15H2,1-3H3,(H,27,31)/t16-,17-,20-,21+/m0/s1. The van der Waals surface area contributed by atoms with Crippen LogP contribution in [0, 0.1) is 17.7 Å². The number of halogens is 1. The van der Waals surface area contributed by atoms with Crippen molar-refractivity contribution in [3.05, 3.63) is 47.8 Å². The summed E-state index contributed by atoms with van der Waals surface area (Å²) in [5, 5.41) is 2.89. The van der Waals surface area contributed by atoms with Crippen molar-refractivity contribution in [1.82, 2.24) is 15.1 Å². The van der Waals surface area contributed by atoms with Gasteiger partial charge in [-0.2, -0.15) is 0 Å². The molecule has 1 N–H and O–H groups in total. The molecule has 1 aliphatic heterocycles. The molecule has 0 spiro atoms. The van der Waals surface area contributed by atoms with Gasteiger partial charge in [0.25, 0.3) is 0 Å². The zero-order chi connectivity index (χ0) is 24.1. The molecule has 0 bridgehead atoms. The molecule has 0 radical (unpaired) electrons. The Morgan fingerprint density at radius 2 is 1.67 bits per heavy atom. The fraction of sp³-hybridized carbons (Fsp3) is 0.520. The fourth-order valence-electron chi connectivity index (χ4n) is 4.28. The molecule has 178 valence electrons. The first-order valence-electron chi connectivity index (χ1n) is 11.6. The average Bonchev–Trinajstić information content (AvgIpc) is 3.06. The Morgan fingerprint density at radius 1 is 1.09 bits per heavy atom. The maximum Gasteiger partial charge on any atom is 0.242 e. The molecule has 1 saturated heterocycles. The summed E-state index contributed by atoms with van der Waals surface area (Å²) in [4.78, 5) is 54.0. The SMILES string of the molecule is CC[C@H](C)NC(=O)[C@H](C)N(Cc1ccc(F)cc1)C(=O)CCN1C(=O)[C@H]2CC=CC[C@H]2C1=O. The van der Waals surface area contributed by atoms with Gasteiger partial charge < -0.3 is 10.2 Å². The molecule has 4 atom stereocenters. The summed E-state index contributed by atoms with van der Waals surface area (Å²) >= 11 is 0. The molecule has 1 aromatic rings. The van der Waals surface area contributed by atoms with E-state index in [1.54, 1.807) is 19.1 Å². The van der Waals surface area contributed by atoms with Gasteiger partial charge in [0.05, 0.1) is 11.8 Å². The molecule has 3 rings (SSSR count). The maximum absolute atomic E-state index is 13.3. The summed E-state index contributed by atoms with van der Waals surface area (Å²) < 4.78 is 13.3. The van der Waals surface area contributed by atoms with Crippen LogP contribution in [0.4, 0.5) is 4.39 Å². The first-order valence-corrected chi connectivity index (χ1v) is 11.6. The molecule has 7 nitrogen and oxygen atoms in total. The normalized spacial score (nSPS) is 21.5. The van der Waals surface area contributed by atoms with Gasteiger partial charge >= 0.3 is 0 Å². The third-order valence-electron chi connectivity index (χ3n) is 6.58. The van der Waals surface area contributed by atoms with Crippen LogP contribution < -0.4 is 5.32 Å². The van der Waals surface area contributed by atoms with E-state index >= 15 is 0 Å². The lowest BCUT2D eigenvalue weighted by Crippen LogP contribution is -2.50. The van der Waals surface area contributed by atoms with Gasteiger partial charge in [-0.3, -0.25) is 24.1 Å². The van der Waals surface area contributed by atoms with E-state index in [4.69, 9.17) is 0 Å². The third-order valence-corrected chi connectivity index (χ3v) is 6.58. The first-order chi connectivity index (χ1) is 15.7. The Bertz CT molecular complexity index is 904. The smallest absolute Gasteiger partial charge is 0.242 e. The van der Waals surface area contributed by atoms with E-state index in [1.165, 1.54) is 21.9 Å². The number of nitrogens with zero attached hydrogens (tertiary/aromatic N) is 2. The van der Waals surface area contributed by atoms with E-state index in [-0.39, 0.29) is 66.8 Å². The van der Waals surface area contributed by atoms with E-state index in [9.17, 15) is 23.6 Å². The van der Waals surface area contributed by atoms with Crippen molar-refractivity contribution in [2.45, 2.75) is 65.1 Å². The van der Waals surface area contributed by atoms with Crippen LogP contribution in [0.1, 0.15) is 52.0 Å². The number of benzene rings is 1. The summed E-state index contributed by atoms with van der Waals surface area (Å²) in [6.07, 6.45) is 5.60. The molecule has 1 aliphatic carbocycles. The monoisotopic (exact) mass is 457 g/mol. The third kappa shape index (κ3) is 5.67. The van der Waals surface area contributed by atoms with E-state index in [1.807, 2.05) is 26.0 Å². The quantitative estimate of drug-likeness (QED) is 0.456. The second-order valence-corrected chi connectivity index (χ2v) is 8.88. The highest BCUT2D eigenvalue weighted by Crippen LogP contribution is 2.35. The Kier molecular flexibility index (Phi) is 8.00. The Hall–Kier alpha value is -3.03. The number of amides is 4. The zero-order valence-electron chi connectivity index (χ0n) is 19.4. The molecule has 0 aromatic heterocycles. The lowest BCUT2D eigenvalue weighted by atomic mass is 9.85. The number of likely N-dealkylation sites (tertiary alicyclic amines) is 1. The molecular weight excluding hydrogens is 425 g/mol. The molecule has 8 heteroatoms. The van der Waals surface area contributed by atoms with Gasteiger partial charge in [0.2, 0.25) is 23.6 Å². The number of carbonyl (C=O) groups is 4. The summed E-state index contributed by atoms with van der Waals surface area (Å²) in [6, 6.07) is 4.94. The number of nitrogens with one attached hydrogen (secondary N) is 1. The van der Waals surface area contributed by atoms with Crippen molar-refractivity contribution >= 4 is 23.6 Å². The van der Waals surface area contributed by atoms with Gasteiger partial charge in [-0.15, -0.1) is 0 Å². The Labute approximate surface area is 194 Å². The molecule has 4 amide bonds. The van der Waals surface area contributed by atoms with Gasteiger partial charge in [-0.1, -0.05) is 31.2 Å². The average molecular weight is 458 g/mol. The van der Waals surface area contributed by atoms with Crippen molar-refractivity contribution in [1.29, 1.82) is 0 Å². The number of fused-ring (bicyclic) bond motifs is 1. The molecule has 33 heavy (non-hydrogen) atoms. The molecule has 1 heterocycles. The lowest BCUT2D eigenvalue weighted by molar-refractivity contribution is -0.143. The second-order valence-electron chi connectivity index (χ2n) is 8.88. The Morgan fingerprint density at radius 3 is 2.21 bits per heavy atom. The minimum Gasteiger partial charge on any atom is -0.352 e.